The second kappa shape index (κ2) is 6.54. The highest BCUT2D eigenvalue weighted by Gasteiger charge is 2.38. The van der Waals surface area contributed by atoms with Crippen molar-refractivity contribution in [2.45, 2.75) is 17.4 Å². The quantitative estimate of drug-likeness (QED) is 0.890. The van der Waals surface area contributed by atoms with E-state index in [1.165, 1.54) is 28.6 Å². The van der Waals surface area contributed by atoms with Crippen LogP contribution >= 0.6 is 11.6 Å². The summed E-state index contributed by atoms with van der Waals surface area (Å²) in [5.41, 5.74) is 0. The van der Waals surface area contributed by atoms with Crippen molar-refractivity contribution in [3.63, 3.8) is 0 Å². The summed E-state index contributed by atoms with van der Waals surface area (Å²) in [4.78, 5) is 13.3. The molecule has 0 aromatic heterocycles. The summed E-state index contributed by atoms with van der Waals surface area (Å²) < 4.78 is 26.7. The van der Waals surface area contributed by atoms with Gasteiger partial charge in [0, 0.05) is 24.2 Å². The summed E-state index contributed by atoms with van der Waals surface area (Å²) in [6, 6.07) is 5.77. The lowest BCUT2D eigenvalue weighted by Crippen LogP contribution is -2.52. The number of nitrogens with zero attached hydrogens (tertiary/aromatic N) is 2. The van der Waals surface area contributed by atoms with Crippen LogP contribution in [0.3, 0.4) is 0 Å². The van der Waals surface area contributed by atoms with Gasteiger partial charge in [-0.3, -0.25) is 4.79 Å². The maximum atomic E-state index is 12.7. The molecule has 1 aromatic rings. The number of hydrogen-bond acceptors (Lipinski definition) is 4. The third-order valence-electron chi connectivity index (χ3n) is 3.93. The van der Waals surface area contributed by atoms with Gasteiger partial charge in [-0.25, -0.2) is 8.42 Å². The summed E-state index contributed by atoms with van der Waals surface area (Å²) in [5.74, 6) is -1.67. The average molecular weight is 347 g/mol. The highest BCUT2D eigenvalue weighted by molar-refractivity contribution is 7.89. The molecule has 6 nitrogen and oxygen atoms in total. The van der Waals surface area contributed by atoms with Gasteiger partial charge in [0.25, 0.3) is 0 Å². The third kappa shape index (κ3) is 3.60. The first-order valence-corrected chi connectivity index (χ1v) is 8.68. The number of aliphatic carboxylic acids is 1. The number of sulfonamides is 1. The molecule has 22 heavy (non-hydrogen) atoms. The van der Waals surface area contributed by atoms with Crippen LogP contribution in [0.25, 0.3) is 0 Å². The minimum atomic E-state index is -3.73. The van der Waals surface area contributed by atoms with E-state index in [2.05, 4.69) is 0 Å². The molecule has 2 unspecified atom stereocenters. The summed E-state index contributed by atoms with van der Waals surface area (Å²) in [7, 11) is -0.0841. The molecule has 0 bridgehead atoms. The zero-order chi connectivity index (χ0) is 16.5. The maximum Gasteiger partial charge on any atom is 0.307 e. The molecule has 0 radical (unpaired) electrons. The molecule has 2 atom stereocenters. The largest absolute Gasteiger partial charge is 0.481 e. The number of rotatable bonds is 4. The van der Waals surface area contributed by atoms with E-state index in [1.807, 2.05) is 19.0 Å². The lowest BCUT2D eigenvalue weighted by molar-refractivity contribution is -0.143. The smallest absolute Gasteiger partial charge is 0.307 e. The Labute approximate surface area is 135 Å². The van der Waals surface area contributed by atoms with E-state index in [1.54, 1.807) is 0 Å². The van der Waals surface area contributed by atoms with Crippen LogP contribution < -0.4 is 0 Å². The zero-order valence-electron chi connectivity index (χ0n) is 12.4. The van der Waals surface area contributed by atoms with Crippen LogP contribution in [-0.2, 0) is 14.8 Å². The molecule has 2 rings (SSSR count). The fourth-order valence-corrected chi connectivity index (χ4v) is 4.19. The van der Waals surface area contributed by atoms with Crippen LogP contribution in [0.2, 0.25) is 5.02 Å². The topological polar surface area (TPSA) is 77.9 Å². The molecule has 0 amide bonds. The normalized spacial score (nSPS) is 23.6. The highest BCUT2D eigenvalue weighted by Crippen LogP contribution is 2.26. The van der Waals surface area contributed by atoms with Crippen molar-refractivity contribution in [2.75, 3.05) is 27.2 Å². The summed E-state index contributed by atoms with van der Waals surface area (Å²) in [6.45, 7) is 0.270. The Morgan fingerprint density at radius 3 is 2.36 bits per heavy atom. The predicted octanol–water partition coefficient (Wildman–Crippen LogP) is 1.37. The first-order chi connectivity index (χ1) is 10.2. The van der Waals surface area contributed by atoms with Gasteiger partial charge in [-0.05, 0) is 44.8 Å². The second-order valence-corrected chi connectivity index (χ2v) is 8.04. The Morgan fingerprint density at radius 2 is 1.86 bits per heavy atom. The summed E-state index contributed by atoms with van der Waals surface area (Å²) in [5, 5.41) is 9.72. The Kier molecular flexibility index (Phi) is 5.11. The summed E-state index contributed by atoms with van der Waals surface area (Å²) in [6.07, 6.45) is 0.439. The van der Waals surface area contributed by atoms with E-state index < -0.39 is 21.9 Å². The third-order valence-corrected chi connectivity index (χ3v) is 6.02. The van der Waals surface area contributed by atoms with E-state index in [0.717, 1.165) is 0 Å². The lowest BCUT2D eigenvalue weighted by Gasteiger charge is -2.38. The molecule has 8 heteroatoms. The SMILES string of the molecule is CN(C)C1CC(C(=O)O)CN(S(=O)(=O)c2ccc(Cl)cc2)C1. The minimum absolute atomic E-state index is 0.00929. The Hall–Kier alpha value is -1.15. The first kappa shape index (κ1) is 17.2. The van der Waals surface area contributed by atoms with Crippen molar-refractivity contribution < 1.29 is 18.3 Å². The fourth-order valence-electron chi connectivity index (χ4n) is 2.54. The number of halogens is 1. The highest BCUT2D eigenvalue weighted by atomic mass is 35.5. The molecule has 0 saturated carbocycles. The number of benzene rings is 1. The molecule has 1 fully saturated rings. The van der Waals surface area contributed by atoms with Crippen LogP contribution in [0.15, 0.2) is 29.2 Å². The average Bonchev–Trinajstić information content (AvgIpc) is 2.47. The number of likely N-dealkylation sites (N-methyl/N-ethyl adjacent to an activating group) is 1. The van der Waals surface area contributed by atoms with Gasteiger partial charge in [-0.2, -0.15) is 4.31 Å². The van der Waals surface area contributed by atoms with E-state index in [-0.39, 0.29) is 24.0 Å². The van der Waals surface area contributed by atoms with Crippen molar-refractivity contribution in [2.24, 2.45) is 5.92 Å². The van der Waals surface area contributed by atoms with Gasteiger partial charge >= 0.3 is 5.97 Å². The van der Waals surface area contributed by atoms with Gasteiger partial charge in [0.15, 0.2) is 0 Å². The van der Waals surface area contributed by atoms with Gasteiger partial charge in [0.05, 0.1) is 10.8 Å². The van der Waals surface area contributed by atoms with Crippen molar-refractivity contribution in [1.82, 2.24) is 9.21 Å². The van der Waals surface area contributed by atoms with Crippen LogP contribution in [-0.4, -0.2) is 61.9 Å². The Morgan fingerprint density at radius 1 is 1.27 bits per heavy atom. The van der Waals surface area contributed by atoms with Gasteiger partial charge in [-0.1, -0.05) is 11.6 Å². The first-order valence-electron chi connectivity index (χ1n) is 6.86. The minimum Gasteiger partial charge on any atom is -0.481 e. The number of carboxylic acids is 1. The van der Waals surface area contributed by atoms with Gasteiger partial charge in [0.1, 0.15) is 0 Å². The number of hydrogen-bond donors (Lipinski definition) is 1. The van der Waals surface area contributed by atoms with Gasteiger partial charge in [-0.15, -0.1) is 0 Å². The zero-order valence-corrected chi connectivity index (χ0v) is 14.0. The number of piperidine rings is 1. The lowest BCUT2D eigenvalue weighted by atomic mass is 9.95. The molecule has 122 valence electrons. The standard InChI is InChI=1S/C14H19ClN2O4S/c1-16(2)12-7-10(14(18)19)8-17(9-12)22(20,21)13-5-3-11(15)4-6-13/h3-6,10,12H,7-9H2,1-2H3,(H,18,19). The van der Waals surface area contributed by atoms with Crippen molar-refractivity contribution in [3.05, 3.63) is 29.3 Å². The molecule has 1 saturated heterocycles. The number of carbonyl (C=O) groups is 1. The van der Waals surface area contributed by atoms with Crippen molar-refractivity contribution >= 4 is 27.6 Å². The molecule has 0 spiro atoms. The predicted molar refractivity (Wildman–Crippen MR) is 83.4 cm³/mol. The van der Waals surface area contributed by atoms with Crippen LogP contribution in [0.4, 0.5) is 0 Å². The molecule has 1 aliphatic rings. The summed E-state index contributed by atoms with van der Waals surface area (Å²) >= 11 is 5.78. The molecular formula is C14H19ClN2O4S. The Bertz CT molecular complexity index is 645. The fraction of sp³-hybridized carbons (Fsp3) is 0.500. The second-order valence-electron chi connectivity index (χ2n) is 5.66. The molecule has 1 heterocycles. The molecule has 1 aromatic carbocycles. The van der Waals surface area contributed by atoms with E-state index in [4.69, 9.17) is 11.6 Å². The van der Waals surface area contributed by atoms with Gasteiger partial charge in [0.2, 0.25) is 10.0 Å². The van der Waals surface area contributed by atoms with Crippen LogP contribution in [0, 0.1) is 5.92 Å². The van der Waals surface area contributed by atoms with E-state index >= 15 is 0 Å². The van der Waals surface area contributed by atoms with Gasteiger partial charge < -0.3 is 10.0 Å². The molecule has 1 aliphatic heterocycles. The van der Waals surface area contributed by atoms with E-state index in [0.29, 0.717) is 11.4 Å². The van der Waals surface area contributed by atoms with E-state index in [9.17, 15) is 18.3 Å². The van der Waals surface area contributed by atoms with Crippen LogP contribution in [0.5, 0.6) is 0 Å². The van der Waals surface area contributed by atoms with Crippen molar-refractivity contribution in [1.29, 1.82) is 0 Å². The molecular weight excluding hydrogens is 328 g/mol. The van der Waals surface area contributed by atoms with Crippen molar-refractivity contribution in [3.8, 4) is 0 Å². The van der Waals surface area contributed by atoms with Crippen LogP contribution in [0.1, 0.15) is 6.42 Å². The molecule has 0 aliphatic carbocycles. The monoisotopic (exact) mass is 346 g/mol. The Balaban J connectivity index is 2.32. The molecule has 1 N–H and O–H groups in total. The maximum absolute atomic E-state index is 12.7. The number of carboxylic acid groups (broad SMARTS) is 1.